The van der Waals surface area contributed by atoms with Gasteiger partial charge in [0.25, 0.3) is 5.91 Å². The Balaban J connectivity index is 1.17. The first kappa shape index (κ1) is 29.1. The number of nitrogens with zero attached hydrogens (tertiary/aromatic N) is 1. The van der Waals surface area contributed by atoms with E-state index in [9.17, 15) is 14.0 Å². The Hall–Kier alpha value is -3.39. The second-order valence-electron chi connectivity index (χ2n) is 11.0. The van der Waals surface area contributed by atoms with Gasteiger partial charge >= 0.3 is 0 Å². The molecule has 3 N–H and O–H groups in total. The lowest BCUT2D eigenvalue weighted by Crippen LogP contribution is -2.53. The van der Waals surface area contributed by atoms with Crippen LogP contribution < -0.4 is 10.6 Å². The number of nitrogens with one attached hydrogen (secondary N) is 3. The fourth-order valence-electron chi connectivity index (χ4n) is 5.40. The Morgan fingerprint density at radius 3 is 2.59 bits per heavy atom. The average molecular weight is 596 g/mol. The molecule has 0 unspecified atom stereocenters. The summed E-state index contributed by atoms with van der Waals surface area (Å²) in [6.45, 7) is 4.41. The maximum Gasteiger partial charge on any atom is 0.251 e. The van der Waals surface area contributed by atoms with Crippen LogP contribution in [0.25, 0.3) is 10.9 Å². The number of hydrogen-bond donors (Lipinski definition) is 3. The summed E-state index contributed by atoms with van der Waals surface area (Å²) in [5.74, 6) is -0.579. The Morgan fingerprint density at radius 2 is 1.83 bits per heavy atom. The number of amides is 2. The topological polar surface area (TPSA) is 77.2 Å². The molecule has 4 aromatic rings. The third kappa shape index (κ3) is 7.47. The molecule has 214 valence electrons. The minimum Gasteiger partial charge on any atom is -0.361 e. The van der Waals surface area contributed by atoms with Crippen molar-refractivity contribution in [3.8, 4) is 0 Å². The molecule has 0 spiro atoms. The maximum absolute atomic E-state index is 14.1. The van der Waals surface area contributed by atoms with Crippen molar-refractivity contribution in [1.82, 2.24) is 20.5 Å². The summed E-state index contributed by atoms with van der Waals surface area (Å²) < 4.78 is 14.1. The van der Waals surface area contributed by atoms with E-state index in [2.05, 4.69) is 27.4 Å². The van der Waals surface area contributed by atoms with Crippen molar-refractivity contribution >= 4 is 45.9 Å². The predicted octanol–water partition coefficient (Wildman–Crippen LogP) is 6.69. The number of aromatic amines is 1. The number of aromatic nitrogens is 1. The van der Waals surface area contributed by atoms with Crippen LogP contribution in [-0.4, -0.2) is 46.9 Å². The quantitative estimate of drug-likeness (QED) is 0.202. The molecular formula is C32H33Cl2FN4O2. The molecule has 5 rings (SSSR count). The van der Waals surface area contributed by atoms with Crippen LogP contribution in [0.1, 0.15) is 53.7 Å². The van der Waals surface area contributed by atoms with Crippen LogP contribution in [0, 0.1) is 5.82 Å². The standard InChI is InChI=1S/C32H33Cl2FN4O2/c1-32(38-30(40)18-21-5-7-26(33)27(34)17-21)11-15-39(16-12-32)14-10-29(22-3-2-4-25(35)20-22)37-31(41)24-6-8-28-23(19-24)9-13-36-28/h2-9,13,17,19-20,29,36H,10-12,14-16,18H2,1H3,(H,37,41)(H,38,40)/t29-/m0/s1. The zero-order valence-corrected chi connectivity index (χ0v) is 24.4. The number of hydrogen-bond acceptors (Lipinski definition) is 3. The molecule has 1 aliphatic heterocycles. The minimum absolute atomic E-state index is 0.0500. The van der Waals surface area contributed by atoms with Gasteiger partial charge in [-0.15, -0.1) is 0 Å². The van der Waals surface area contributed by atoms with Gasteiger partial charge < -0.3 is 20.5 Å². The van der Waals surface area contributed by atoms with Gasteiger partial charge in [0.1, 0.15) is 5.82 Å². The highest BCUT2D eigenvalue weighted by atomic mass is 35.5. The van der Waals surface area contributed by atoms with Gasteiger partial charge in [-0.3, -0.25) is 9.59 Å². The van der Waals surface area contributed by atoms with Crippen LogP contribution in [0.15, 0.2) is 72.9 Å². The van der Waals surface area contributed by atoms with Gasteiger partial charge in [-0.05, 0) is 85.8 Å². The van der Waals surface area contributed by atoms with Crippen LogP contribution in [0.4, 0.5) is 4.39 Å². The van der Waals surface area contributed by atoms with Gasteiger partial charge in [0.15, 0.2) is 0 Å². The van der Waals surface area contributed by atoms with Gasteiger partial charge in [0.2, 0.25) is 5.91 Å². The van der Waals surface area contributed by atoms with Gasteiger partial charge in [-0.2, -0.15) is 0 Å². The third-order valence-electron chi connectivity index (χ3n) is 7.86. The second kappa shape index (κ2) is 12.6. The van der Waals surface area contributed by atoms with E-state index < -0.39 is 0 Å². The molecule has 0 saturated carbocycles. The maximum atomic E-state index is 14.1. The number of rotatable bonds is 9. The van der Waals surface area contributed by atoms with E-state index in [4.69, 9.17) is 23.2 Å². The number of carbonyl (C=O) groups is 2. The zero-order valence-electron chi connectivity index (χ0n) is 22.9. The summed E-state index contributed by atoms with van der Waals surface area (Å²) >= 11 is 12.1. The molecule has 6 nitrogen and oxygen atoms in total. The zero-order chi connectivity index (χ0) is 29.0. The first-order valence-electron chi connectivity index (χ1n) is 13.8. The van der Waals surface area contributed by atoms with Crippen molar-refractivity contribution in [3.63, 3.8) is 0 Å². The van der Waals surface area contributed by atoms with Crippen molar-refractivity contribution in [3.05, 3.63) is 105 Å². The Morgan fingerprint density at radius 1 is 1.02 bits per heavy atom. The summed E-state index contributed by atoms with van der Waals surface area (Å²) in [4.78, 5) is 31.4. The highest BCUT2D eigenvalue weighted by Gasteiger charge is 2.32. The summed E-state index contributed by atoms with van der Waals surface area (Å²) in [6.07, 6.45) is 4.30. The molecule has 1 saturated heterocycles. The normalized spacial score (nSPS) is 15.9. The first-order chi connectivity index (χ1) is 19.7. The SMILES string of the molecule is CC1(NC(=O)Cc2ccc(Cl)c(Cl)c2)CCN(CC[C@H](NC(=O)c2ccc3[nH]ccc3c2)c2cccc(F)c2)CC1. The fraction of sp³-hybridized carbons (Fsp3) is 0.312. The smallest absolute Gasteiger partial charge is 0.251 e. The molecule has 2 amide bonds. The van der Waals surface area contributed by atoms with E-state index in [0.29, 0.717) is 22.0 Å². The van der Waals surface area contributed by atoms with Gasteiger partial charge in [-0.1, -0.05) is 41.4 Å². The van der Waals surface area contributed by atoms with E-state index in [0.717, 1.165) is 54.5 Å². The molecule has 0 bridgehead atoms. The monoisotopic (exact) mass is 594 g/mol. The molecule has 1 aromatic heterocycles. The summed E-state index contributed by atoms with van der Waals surface area (Å²) in [7, 11) is 0. The minimum atomic E-state index is -0.348. The fourth-order valence-corrected chi connectivity index (χ4v) is 5.72. The number of carbonyl (C=O) groups excluding carboxylic acids is 2. The van der Waals surface area contributed by atoms with Gasteiger partial charge in [0.05, 0.1) is 22.5 Å². The largest absolute Gasteiger partial charge is 0.361 e. The molecule has 41 heavy (non-hydrogen) atoms. The Labute approximate surface area is 249 Å². The van der Waals surface area contributed by atoms with E-state index in [-0.39, 0.29) is 35.6 Å². The Bertz CT molecular complexity index is 1550. The van der Waals surface area contributed by atoms with Crippen LogP contribution >= 0.6 is 23.2 Å². The lowest BCUT2D eigenvalue weighted by molar-refractivity contribution is -0.122. The first-order valence-corrected chi connectivity index (χ1v) is 14.5. The third-order valence-corrected chi connectivity index (χ3v) is 8.59. The van der Waals surface area contributed by atoms with E-state index in [1.807, 2.05) is 36.5 Å². The molecule has 0 radical (unpaired) electrons. The number of halogens is 3. The molecule has 1 fully saturated rings. The average Bonchev–Trinajstić information content (AvgIpc) is 3.42. The van der Waals surface area contributed by atoms with Crippen molar-refractivity contribution in [2.24, 2.45) is 0 Å². The molecule has 3 aromatic carbocycles. The Kier molecular flexibility index (Phi) is 8.97. The van der Waals surface area contributed by atoms with Gasteiger partial charge in [-0.25, -0.2) is 4.39 Å². The summed E-state index contributed by atoms with van der Waals surface area (Å²) in [5, 5.41) is 8.20. The predicted molar refractivity (Wildman–Crippen MR) is 162 cm³/mol. The van der Waals surface area contributed by atoms with Crippen LogP contribution in [-0.2, 0) is 11.2 Å². The van der Waals surface area contributed by atoms with Crippen molar-refractivity contribution in [2.45, 2.75) is 44.2 Å². The van der Waals surface area contributed by atoms with Crippen LogP contribution in [0.5, 0.6) is 0 Å². The lowest BCUT2D eigenvalue weighted by atomic mass is 9.89. The molecular weight excluding hydrogens is 562 g/mol. The van der Waals surface area contributed by atoms with Gasteiger partial charge in [0, 0.05) is 47.8 Å². The van der Waals surface area contributed by atoms with Crippen molar-refractivity contribution in [2.75, 3.05) is 19.6 Å². The highest BCUT2D eigenvalue weighted by molar-refractivity contribution is 6.42. The van der Waals surface area contributed by atoms with Crippen LogP contribution in [0.2, 0.25) is 10.0 Å². The van der Waals surface area contributed by atoms with Crippen LogP contribution in [0.3, 0.4) is 0 Å². The number of H-pyrrole nitrogens is 1. The molecule has 1 aliphatic rings. The van der Waals surface area contributed by atoms with Crippen molar-refractivity contribution in [1.29, 1.82) is 0 Å². The molecule has 0 aliphatic carbocycles. The lowest BCUT2D eigenvalue weighted by Gasteiger charge is -2.40. The highest BCUT2D eigenvalue weighted by Crippen LogP contribution is 2.26. The van der Waals surface area contributed by atoms with E-state index >= 15 is 0 Å². The summed E-state index contributed by atoms with van der Waals surface area (Å²) in [6, 6.07) is 18.7. The molecule has 1 atom stereocenters. The number of fused-ring (bicyclic) bond motifs is 1. The molecule has 2 heterocycles. The number of benzene rings is 3. The van der Waals surface area contributed by atoms with Crippen molar-refractivity contribution < 1.29 is 14.0 Å². The van der Waals surface area contributed by atoms with E-state index in [1.54, 1.807) is 24.3 Å². The molecule has 9 heteroatoms. The second-order valence-corrected chi connectivity index (χ2v) is 11.8. The summed E-state index contributed by atoms with van der Waals surface area (Å²) in [5.41, 5.74) is 2.76. The number of piperidine rings is 1. The van der Waals surface area contributed by atoms with E-state index in [1.165, 1.54) is 12.1 Å². The number of likely N-dealkylation sites (tertiary alicyclic amines) is 1.